The molecule has 0 atom stereocenters. The van der Waals surface area contributed by atoms with Crippen molar-refractivity contribution in [3.05, 3.63) is 50.1 Å². The van der Waals surface area contributed by atoms with Gasteiger partial charge in [-0.1, -0.05) is 55.9 Å². The Morgan fingerprint density at radius 2 is 1.95 bits per heavy atom. The van der Waals surface area contributed by atoms with Crippen LogP contribution in [-0.4, -0.2) is 19.5 Å². The quantitative estimate of drug-likeness (QED) is 0.655. The molecule has 0 radical (unpaired) electrons. The van der Waals surface area contributed by atoms with Crippen LogP contribution in [0, 0.1) is 9.41 Å². The standard InChI is InChI=1S/C15H15ClN4S2/c1-8(2)12-17-11-13(18-12)20(15(22)19-14(11)21)7-9-5-3-4-6-10(9)16/h3-6,8H,7H2,1-2H3,(H,17,18)(H,19,21,22). The van der Waals surface area contributed by atoms with Gasteiger partial charge in [0.15, 0.2) is 10.4 Å². The lowest BCUT2D eigenvalue weighted by molar-refractivity contribution is 0.765. The first kappa shape index (κ1) is 15.4. The Morgan fingerprint density at radius 3 is 2.64 bits per heavy atom. The lowest BCUT2D eigenvalue weighted by Crippen LogP contribution is -2.06. The third-order valence-electron chi connectivity index (χ3n) is 3.48. The minimum absolute atomic E-state index is 0.282. The molecule has 0 saturated heterocycles. The van der Waals surface area contributed by atoms with E-state index in [2.05, 4.69) is 28.8 Å². The highest BCUT2D eigenvalue weighted by Gasteiger charge is 2.13. The number of hydrogen-bond donors (Lipinski definition) is 2. The fourth-order valence-corrected chi connectivity index (χ4v) is 3.03. The van der Waals surface area contributed by atoms with Gasteiger partial charge in [-0.3, -0.25) is 4.57 Å². The Hall–Kier alpha value is -1.50. The summed E-state index contributed by atoms with van der Waals surface area (Å²) in [4.78, 5) is 11.0. The molecule has 0 aliphatic carbocycles. The maximum absolute atomic E-state index is 6.26. The van der Waals surface area contributed by atoms with E-state index in [9.17, 15) is 0 Å². The molecular formula is C15H15ClN4S2. The van der Waals surface area contributed by atoms with E-state index in [0.29, 0.717) is 21.0 Å². The summed E-state index contributed by atoms with van der Waals surface area (Å²) < 4.78 is 3.04. The van der Waals surface area contributed by atoms with Gasteiger partial charge in [0, 0.05) is 10.9 Å². The van der Waals surface area contributed by atoms with Crippen LogP contribution in [-0.2, 0) is 6.54 Å². The minimum Gasteiger partial charge on any atom is -0.338 e. The highest BCUT2D eigenvalue weighted by molar-refractivity contribution is 7.72. The highest BCUT2D eigenvalue weighted by atomic mass is 35.5. The lowest BCUT2D eigenvalue weighted by Gasteiger charge is -2.09. The van der Waals surface area contributed by atoms with Gasteiger partial charge in [-0.25, -0.2) is 4.98 Å². The van der Waals surface area contributed by atoms with E-state index in [4.69, 9.17) is 36.0 Å². The van der Waals surface area contributed by atoms with Gasteiger partial charge >= 0.3 is 0 Å². The van der Waals surface area contributed by atoms with Crippen LogP contribution >= 0.6 is 36.0 Å². The normalized spacial score (nSPS) is 11.5. The van der Waals surface area contributed by atoms with E-state index in [0.717, 1.165) is 22.6 Å². The van der Waals surface area contributed by atoms with Crippen molar-refractivity contribution in [3.63, 3.8) is 0 Å². The zero-order valence-corrected chi connectivity index (χ0v) is 14.6. The van der Waals surface area contributed by atoms with Crippen molar-refractivity contribution in [2.24, 2.45) is 0 Å². The molecule has 3 rings (SSSR count). The molecule has 7 heteroatoms. The van der Waals surface area contributed by atoms with Crippen LogP contribution in [0.15, 0.2) is 24.3 Å². The molecule has 0 unspecified atom stereocenters. The highest BCUT2D eigenvalue weighted by Crippen LogP contribution is 2.21. The molecule has 0 spiro atoms. The molecule has 0 bridgehead atoms. The third-order valence-corrected chi connectivity index (χ3v) is 4.48. The van der Waals surface area contributed by atoms with E-state index in [1.54, 1.807) is 0 Å². The molecule has 2 heterocycles. The van der Waals surface area contributed by atoms with Gasteiger partial charge in [-0.05, 0) is 23.8 Å². The Bertz CT molecular complexity index is 952. The van der Waals surface area contributed by atoms with E-state index < -0.39 is 0 Å². The zero-order chi connectivity index (χ0) is 15.9. The van der Waals surface area contributed by atoms with E-state index in [-0.39, 0.29) is 5.92 Å². The summed E-state index contributed by atoms with van der Waals surface area (Å²) in [5, 5.41) is 0.708. The Balaban J connectivity index is 2.23. The summed E-state index contributed by atoms with van der Waals surface area (Å²) in [6.07, 6.45) is 0. The SMILES string of the molecule is CC(C)c1nc2c([nH]1)c(=S)[nH]c(=S)n2Cc1ccccc1Cl. The molecular weight excluding hydrogens is 336 g/mol. The van der Waals surface area contributed by atoms with Crippen LogP contribution in [0.4, 0.5) is 0 Å². The number of benzene rings is 1. The molecule has 0 aliphatic heterocycles. The minimum atomic E-state index is 0.282. The summed E-state index contributed by atoms with van der Waals surface area (Å²) in [5.74, 6) is 1.17. The molecule has 0 aliphatic rings. The topological polar surface area (TPSA) is 49.4 Å². The summed E-state index contributed by atoms with van der Waals surface area (Å²) >= 11 is 17.0. The number of rotatable bonds is 3. The van der Waals surface area contributed by atoms with E-state index in [1.807, 2.05) is 28.8 Å². The Morgan fingerprint density at radius 1 is 1.23 bits per heavy atom. The molecule has 2 N–H and O–H groups in total. The number of aromatic amines is 2. The largest absolute Gasteiger partial charge is 0.338 e. The summed E-state index contributed by atoms with van der Waals surface area (Å²) in [6.45, 7) is 4.71. The van der Waals surface area contributed by atoms with Gasteiger partial charge in [0.2, 0.25) is 0 Å². The van der Waals surface area contributed by atoms with Crippen molar-refractivity contribution in [2.75, 3.05) is 0 Å². The van der Waals surface area contributed by atoms with Crippen LogP contribution < -0.4 is 0 Å². The Kier molecular flexibility index (Phi) is 4.16. The summed E-state index contributed by atoms with van der Waals surface area (Å²) in [7, 11) is 0. The average Bonchev–Trinajstić information content (AvgIpc) is 2.91. The number of nitrogens with one attached hydrogen (secondary N) is 2. The molecule has 1 aromatic carbocycles. The molecule has 2 aromatic heterocycles. The van der Waals surface area contributed by atoms with Crippen molar-refractivity contribution >= 4 is 47.2 Å². The van der Waals surface area contributed by atoms with Crippen molar-refractivity contribution < 1.29 is 0 Å². The van der Waals surface area contributed by atoms with E-state index in [1.165, 1.54) is 0 Å². The van der Waals surface area contributed by atoms with Crippen LogP contribution in [0.2, 0.25) is 5.02 Å². The van der Waals surface area contributed by atoms with Gasteiger partial charge < -0.3 is 9.97 Å². The van der Waals surface area contributed by atoms with Crippen LogP contribution in [0.1, 0.15) is 31.2 Å². The number of fused-ring (bicyclic) bond motifs is 1. The molecule has 0 fully saturated rings. The summed E-state index contributed by atoms with van der Waals surface area (Å²) in [6, 6.07) is 7.71. The molecule has 3 aromatic rings. The lowest BCUT2D eigenvalue weighted by atomic mass is 10.2. The van der Waals surface area contributed by atoms with Gasteiger partial charge in [-0.15, -0.1) is 0 Å². The van der Waals surface area contributed by atoms with Gasteiger partial charge in [0.25, 0.3) is 0 Å². The number of imidazole rings is 1. The predicted molar refractivity (Wildman–Crippen MR) is 94.7 cm³/mol. The van der Waals surface area contributed by atoms with Crippen LogP contribution in [0.5, 0.6) is 0 Å². The second-order valence-corrected chi connectivity index (χ2v) is 6.61. The average molecular weight is 351 g/mol. The molecule has 4 nitrogen and oxygen atoms in total. The first-order chi connectivity index (χ1) is 10.5. The molecule has 0 saturated carbocycles. The maximum atomic E-state index is 6.26. The van der Waals surface area contributed by atoms with Crippen LogP contribution in [0.3, 0.4) is 0 Å². The fraction of sp³-hybridized carbons (Fsp3) is 0.267. The first-order valence-electron chi connectivity index (χ1n) is 6.93. The first-order valence-corrected chi connectivity index (χ1v) is 8.13. The van der Waals surface area contributed by atoms with Gasteiger partial charge in [-0.2, -0.15) is 0 Å². The van der Waals surface area contributed by atoms with Crippen molar-refractivity contribution in [2.45, 2.75) is 26.3 Å². The smallest absolute Gasteiger partial charge is 0.180 e. The number of hydrogen-bond acceptors (Lipinski definition) is 3. The second-order valence-electron chi connectivity index (χ2n) is 5.41. The monoisotopic (exact) mass is 350 g/mol. The Labute approximate surface area is 143 Å². The van der Waals surface area contributed by atoms with Crippen molar-refractivity contribution in [3.8, 4) is 0 Å². The third kappa shape index (κ3) is 2.74. The predicted octanol–water partition coefficient (Wildman–Crippen LogP) is 4.98. The number of nitrogens with zero attached hydrogens (tertiary/aromatic N) is 2. The number of H-pyrrole nitrogens is 2. The number of halogens is 1. The van der Waals surface area contributed by atoms with Gasteiger partial charge in [0.05, 0.1) is 6.54 Å². The number of aromatic nitrogens is 4. The van der Waals surface area contributed by atoms with Gasteiger partial charge in [0.1, 0.15) is 16.0 Å². The van der Waals surface area contributed by atoms with Crippen molar-refractivity contribution in [1.29, 1.82) is 0 Å². The fourth-order valence-electron chi connectivity index (χ4n) is 2.28. The van der Waals surface area contributed by atoms with Crippen LogP contribution in [0.25, 0.3) is 11.2 Å². The zero-order valence-electron chi connectivity index (χ0n) is 12.2. The second kappa shape index (κ2) is 5.95. The molecule has 22 heavy (non-hydrogen) atoms. The van der Waals surface area contributed by atoms with Crippen molar-refractivity contribution in [1.82, 2.24) is 19.5 Å². The summed E-state index contributed by atoms with van der Waals surface area (Å²) in [5.41, 5.74) is 2.55. The molecule has 0 amide bonds. The van der Waals surface area contributed by atoms with E-state index >= 15 is 0 Å². The maximum Gasteiger partial charge on any atom is 0.180 e. The molecule has 114 valence electrons.